The summed E-state index contributed by atoms with van der Waals surface area (Å²) in [5.74, 6) is -0.116. The Labute approximate surface area is 75.0 Å². The van der Waals surface area contributed by atoms with Gasteiger partial charge < -0.3 is 4.42 Å². The molecule has 2 aromatic rings. The van der Waals surface area contributed by atoms with Crippen LogP contribution in [0.3, 0.4) is 0 Å². The van der Waals surface area contributed by atoms with Crippen molar-refractivity contribution in [2.75, 3.05) is 0 Å². The van der Waals surface area contributed by atoms with E-state index in [9.17, 15) is 4.79 Å². The Kier molecular flexibility index (Phi) is 1.92. The minimum atomic E-state index is -0.116. The van der Waals surface area contributed by atoms with Gasteiger partial charge in [-0.25, -0.2) is 4.98 Å². The maximum absolute atomic E-state index is 11.6. The Morgan fingerprint density at radius 2 is 2.00 bits per heavy atom. The number of aromatic nitrogens is 1. The normalized spacial score (nSPS) is 9.85. The Morgan fingerprint density at radius 3 is 2.62 bits per heavy atom. The second-order valence-corrected chi connectivity index (χ2v) is 2.57. The van der Waals surface area contributed by atoms with Gasteiger partial charge >= 0.3 is 0 Å². The fourth-order valence-corrected chi connectivity index (χ4v) is 1.06. The number of hydrogen-bond acceptors (Lipinski definition) is 3. The summed E-state index contributed by atoms with van der Waals surface area (Å²) in [5, 5.41) is 0. The lowest BCUT2D eigenvalue weighted by atomic mass is 10.1. The van der Waals surface area contributed by atoms with E-state index in [-0.39, 0.29) is 5.78 Å². The van der Waals surface area contributed by atoms with E-state index in [1.807, 2.05) is 18.2 Å². The zero-order chi connectivity index (χ0) is 9.10. The van der Waals surface area contributed by atoms with Crippen molar-refractivity contribution >= 4 is 5.78 Å². The molecule has 0 N–H and O–H groups in total. The average molecular weight is 173 g/mol. The van der Waals surface area contributed by atoms with Crippen LogP contribution in [0.5, 0.6) is 0 Å². The Bertz CT molecular complexity index is 392. The van der Waals surface area contributed by atoms with Crippen molar-refractivity contribution in [1.82, 2.24) is 4.98 Å². The predicted molar refractivity (Wildman–Crippen MR) is 46.4 cm³/mol. The molecule has 0 atom stereocenters. The van der Waals surface area contributed by atoms with Crippen LogP contribution in [0.4, 0.5) is 0 Å². The first kappa shape index (κ1) is 7.73. The highest BCUT2D eigenvalue weighted by atomic mass is 16.3. The van der Waals surface area contributed by atoms with Gasteiger partial charge in [-0.2, -0.15) is 0 Å². The standard InChI is InChI=1S/C10H7NO2/c12-10(9-6-13-7-11-9)8-4-2-1-3-5-8/h1-7H. The Balaban J connectivity index is 2.34. The molecule has 3 nitrogen and oxygen atoms in total. The molecule has 2 rings (SSSR count). The van der Waals surface area contributed by atoms with E-state index in [2.05, 4.69) is 4.98 Å². The number of carbonyl (C=O) groups excluding carboxylic acids is 1. The second kappa shape index (κ2) is 3.23. The van der Waals surface area contributed by atoms with E-state index >= 15 is 0 Å². The van der Waals surface area contributed by atoms with E-state index < -0.39 is 0 Å². The highest BCUT2D eigenvalue weighted by molar-refractivity contribution is 6.07. The number of nitrogens with zero attached hydrogens (tertiary/aromatic N) is 1. The minimum Gasteiger partial charge on any atom is -0.451 e. The molecule has 1 heterocycles. The first-order valence-electron chi connectivity index (χ1n) is 3.86. The topological polar surface area (TPSA) is 43.1 Å². The van der Waals surface area contributed by atoms with Gasteiger partial charge in [-0.1, -0.05) is 30.3 Å². The number of hydrogen-bond donors (Lipinski definition) is 0. The van der Waals surface area contributed by atoms with Crippen LogP contribution in [0.15, 0.2) is 47.4 Å². The molecule has 0 bridgehead atoms. The lowest BCUT2D eigenvalue weighted by Gasteiger charge is -1.94. The van der Waals surface area contributed by atoms with E-state index in [4.69, 9.17) is 4.42 Å². The van der Waals surface area contributed by atoms with Gasteiger partial charge in [-0.3, -0.25) is 4.79 Å². The van der Waals surface area contributed by atoms with Crippen LogP contribution in [0.25, 0.3) is 0 Å². The quantitative estimate of drug-likeness (QED) is 0.651. The van der Waals surface area contributed by atoms with E-state index in [0.29, 0.717) is 11.3 Å². The van der Waals surface area contributed by atoms with Crippen LogP contribution >= 0.6 is 0 Å². The summed E-state index contributed by atoms with van der Waals surface area (Å²) in [4.78, 5) is 15.4. The van der Waals surface area contributed by atoms with E-state index in [1.165, 1.54) is 12.7 Å². The summed E-state index contributed by atoms with van der Waals surface area (Å²) in [6.07, 6.45) is 2.59. The maximum atomic E-state index is 11.6. The fourth-order valence-electron chi connectivity index (χ4n) is 1.06. The largest absolute Gasteiger partial charge is 0.451 e. The molecular weight excluding hydrogens is 166 g/mol. The molecule has 64 valence electrons. The minimum absolute atomic E-state index is 0.116. The first-order valence-corrected chi connectivity index (χ1v) is 3.86. The molecule has 1 aromatic carbocycles. The molecule has 0 unspecified atom stereocenters. The Hall–Kier alpha value is -1.90. The fraction of sp³-hybridized carbons (Fsp3) is 0. The van der Waals surface area contributed by atoms with E-state index in [0.717, 1.165) is 0 Å². The summed E-state index contributed by atoms with van der Waals surface area (Å²) >= 11 is 0. The van der Waals surface area contributed by atoms with Crippen LogP contribution in [0.2, 0.25) is 0 Å². The molecule has 0 amide bonds. The molecule has 0 saturated carbocycles. The molecular formula is C10H7NO2. The third-order valence-electron chi connectivity index (χ3n) is 1.70. The van der Waals surface area contributed by atoms with Crippen LogP contribution in [-0.4, -0.2) is 10.8 Å². The summed E-state index contributed by atoms with van der Waals surface area (Å²) < 4.78 is 4.73. The monoisotopic (exact) mass is 173 g/mol. The van der Waals surface area contributed by atoms with Gasteiger partial charge in [-0.15, -0.1) is 0 Å². The number of ketones is 1. The lowest BCUT2D eigenvalue weighted by Crippen LogP contribution is -2.00. The van der Waals surface area contributed by atoms with Crippen molar-refractivity contribution < 1.29 is 9.21 Å². The van der Waals surface area contributed by atoms with Gasteiger partial charge in [0.05, 0.1) is 0 Å². The molecule has 1 aromatic heterocycles. The zero-order valence-corrected chi connectivity index (χ0v) is 6.81. The van der Waals surface area contributed by atoms with Crippen LogP contribution in [0.1, 0.15) is 16.1 Å². The molecule has 0 aliphatic heterocycles. The molecule has 0 fully saturated rings. The third-order valence-corrected chi connectivity index (χ3v) is 1.70. The molecule has 0 aliphatic rings. The number of rotatable bonds is 2. The third kappa shape index (κ3) is 1.49. The predicted octanol–water partition coefficient (Wildman–Crippen LogP) is 1.91. The SMILES string of the molecule is O=C(c1ccccc1)c1cocn1. The van der Waals surface area contributed by atoms with Crippen LogP contribution < -0.4 is 0 Å². The van der Waals surface area contributed by atoms with Gasteiger partial charge in [0.25, 0.3) is 0 Å². The number of oxazole rings is 1. The highest BCUT2D eigenvalue weighted by Gasteiger charge is 2.10. The number of benzene rings is 1. The van der Waals surface area contributed by atoms with Gasteiger partial charge in [0.1, 0.15) is 12.0 Å². The van der Waals surface area contributed by atoms with Crippen molar-refractivity contribution in [3.05, 3.63) is 54.2 Å². The molecule has 0 radical (unpaired) electrons. The zero-order valence-electron chi connectivity index (χ0n) is 6.81. The molecule has 0 aliphatic carbocycles. The number of carbonyl (C=O) groups is 1. The van der Waals surface area contributed by atoms with Crippen molar-refractivity contribution in [2.45, 2.75) is 0 Å². The van der Waals surface area contributed by atoms with Crippen LogP contribution in [0, 0.1) is 0 Å². The van der Waals surface area contributed by atoms with Gasteiger partial charge in [0, 0.05) is 5.56 Å². The second-order valence-electron chi connectivity index (χ2n) is 2.57. The molecule has 13 heavy (non-hydrogen) atoms. The van der Waals surface area contributed by atoms with E-state index in [1.54, 1.807) is 12.1 Å². The van der Waals surface area contributed by atoms with Crippen LogP contribution in [-0.2, 0) is 0 Å². The van der Waals surface area contributed by atoms with Crippen molar-refractivity contribution in [3.8, 4) is 0 Å². The van der Waals surface area contributed by atoms with Gasteiger partial charge in [-0.05, 0) is 0 Å². The van der Waals surface area contributed by atoms with Gasteiger partial charge in [0.2, 0.25) is 5.78 Å². The van der Waals surface area contributed by atoms with Crippen molar-refractivity contribution in [3.63, 3.8) is 0 Å². The summed E-state index contributed by atoms with van der Waals surface area (Å²) in [7, 11) is 0. The molecule has 3 heteroatoms. The first-order chi connectivity index (χ1) is 6.38. The average Bonchev–Trinajstić information content (AvgIpc) is 2.71. The summed E-state index contributed by atoms with van der Waals surface area (Å²) in [6.45, 7) is 0. The highest BCUT2D eigenvalue weighted by Crippen LogP contribution is 2.06. The summed E-state index contributed by atoms with van der Waals surface area (Å²) in [6, 6.07) is 8.98. The lowest BCUT2D eigenvalue weighted by molar-refractivity contribution is 0.103. The maximum Gasteiger partial charge on any atom is 0.214 e. The summed E-state index contributed by atoms with van der Waals surface area (Å²) in [5.41, 5.74) is 0.961. The Morgan fingerprint density at radius 1 is 1.23 bits per heavy atom. The molecule has 0 spiro atoms. The molecule has 0 saturated heterocycles. The smallest absolute Gasteiger partial charge is 0.214 e. The van der Waals surface area contributed by atoms with Crippen molar-refractivity contribution in [2.24, 2.45) is 0 Å². The van der Waals surface area contributed by atoms with Gasteiger partial charge in [0.15, 0.2) is 6.39 Å². The van der Waals surface area contributed by atoms with Crippen molar-refractivity contribution in [1.29, 1.82) is 0 Å².